The third kappa shape index (κ3) is 3.19. The van der Waals surface area contributed by atoms with Crippen molar-refractivity contribution in [2.75, 3.05) is 6.54 Å². The number of carboxylic acids is 1. The van der Waals surface area contributed by atoms with Crippen LogP contribution < -0.4 is 11.5 Å². The van der Waals surface area contributed by atoms with Gasteiger partial charge in [0.05, 0.1) is 0 Å². The fraction of sp³-hybridized carbons (Fsp3) is 0.875. The summed E-state index contributed by atoms with van der Waals surface area (Å²) in [5.41, 5.74) is 9.90. The van der Waals surface area contributed by atoms with Crippen molar-refractivity contribution >= 4 is 5.97 Å². The van der Waals surface area contributed by atoms with Crippen LogP contribution in [0.2, 0.25) is 0 Å². The predicted molar refractivity (Wildman–Crippen MR) is 47.8 cm³/mol. The second kappa shape index (κ2) is 5.11. The Balaban J connectivity index is 4.08. The largest absolute Gasteiger partial charge is 0.480 e. The Morgan fingerprint density at radius 1 is 1.50 bits per heavy atom. The molecule has 4 nitrogen and oxygen atoms in total. The Morgan fingerprint density at radius 2 is 2.08 bits per heavy atom. The van der Waals surface area contributed by atoms with Crippen molar-refractivity contribution < 1.29 is 9.90 Å². The van der Waals surface area contributed by atoms with Crippen LogP contribution in [-0.2, 0) is 4.79 Å². The summed E-state index contributed by atoms with van der Waals surface area (Å²) in [6.45, 7) is 2.42. The quantitative estimate of drug-likeness (QED) is 0.540. The summed E-state index contributed by atoms with van der Waals surface area (Å²) in [5.74, 6) is -0.919. The molecule has 0 spiro atoms. The number of nitrogens with two attached hydrogens (primary N) is 2. The molecule has 0 fully saturated rings. The van der Waals surface area contributed by atoms with E-state index in [1.807, 2.05) is 6.92 Å². The molecule has 0 rings (SSSR count). The summed E-state index contributed by atoms with van der Waals surface area (Å²) in [6, 6.07) is 0. The van der Waals surface area contributed by atoms with Crippen LogP contribution in [0.1, 0.15) is 32.6 Å². The summed E-state index contributed by atoms with van der Waals surface area (Å²) in [4.78, 5) is 10.8. The molecule has 0 aromatic carbocycles. The first kappa shape index (κ1) is 11.4. The number of rotatable bonds is 6. The first-order valence-corrected chi connectivity index (χ1v) is 4.29. The van der Waals surface area contributed by atoms with Gasteiger partial charge >= 0.3 is 5.97 Å². The molecule has 5 N–H and O–H groups in total. The molecule has 0 bridgehead atoms. The molecule has 0 aliphatic rings. The lowest BCUT2D eigenvalue weighted by molar-refractivity contribution is -0.144. The van der Waals surface area contributed by atoms with Crippen LogP contribution in [0.15, 0.2) is 0 Å². The average Bonchev–Trinajstić information content (AvgIpc) is 2.01. The van der Waals surface area contributed by atoms with Gasteiger partial charge in [-0.3, -0.25) is 4.79 Å². The summed E-state index contributed by atoms with van der Waals surface area (Å²) < 4.78 is 0. The highest BCUT2D eigenvalue weighted by Gasteiger charge is 2.31. The molecule has 0 aliphatic carbocycles. The maximum Gasteiger partial charge on any atom is 0.323 e. The smallest absolute Gasteiger partial charge is 0.323 e. The van der Waals surface area contributed by atoms with E-state index in [4.69, 9.17) is 16.6 Å². The molecule has 72 valence electrons. The molecule has 0 amide bonds. The molecule has 0 saturated carbocycles. The SMILES string of the molecule is CCC[C@](N)(CCCN)C(=O)O. The number of hydrogen-bond donors (Lipinski definition) is 3. The second-order valence-electron chi connectivity index (χ2n) is 3.10. The molecule has 0 unspecified atom stereocenters. The molecule has 0 saturated heterocycles. The first-order chi connectivity index (χ1) is 5.56. The zero-order chi connectivity index (χ0) is 9.61. The molecule has 4 heteroatoms. The van der Waals surface area contributed by atoms with E-state index in [0.29, 0.717) is 25.8 Å². The highest BCUT2D eigenvalue weighted by molar-refractivity contribution is 5.78. The van der Waals surface area contributed by atoms with E-state index in [9.17, 15) is 4.79 Å². The van der Waals surface area contributed by atoms with E-state index in [1.165, 1.54) is 0 Å². The minimum atomic E-state index is -1.06. The Labute approximate surface area is 72.9 Å². The fourth-order valence-electron chi connectivity index (χ4n) is 1.20. The van der Waals surface area contributed by atoms with Crippen LogP contribution in [0.5, 0.6) is 0 Å². The second-order valence-corrected chi connectivity index (χ2v) is 3.10. The standard InChI is InChI=1S/C8H18N2O2/c1-2-4-8(10,7(11)12)5-3-6-9/h2-6,9-10H2,1H3,(H,11,12)/t8-/m0/s1. The lowest BCUT2D eigenvalue weighted by atomic mass is 9.90. The summed E-state index contributed by atoms with van der Waals surface area (Å²) >= 11 is 0. The van der Waals surface area contributed by atoms with E-state index >= 15 is 0 Å². The van der Waals surface area contributed by atoms with E-state index in [1.54, 1.807) is 0 Å². The van der Waals surface area contributed by atoms with Gasteiger partial charge in [0.15, 0.2) is 0 Å². The molecule has 0 heterocycles. The third-order valence-corrected chi connectivity index (χ3v) is 1.95. The molecule has 0 radical (unpaired) electrons. The van der Waals surface area contributed by atoms with Crippen LogP contribution in [0.3, 0.4) is 0 Å². The van der Waals surface area contributed by atoms with Gasteiger partial charge in [0.2, 0.25) is 0 Å². The Bertz CT molecular complexity index is 150. The maximum atomic E-state index is 10.8. The van der Waals surface area contributed by atoms with Crippen molar-refractivity contribution in [3.63, 3.8) is 0 Å². The van der Waals surface area contributed by atoms with Crippen molar-refractivity contribution in [2.24, 2.45) is 11.5 Å². The lowest BCUT2D eigenvalue weighted by Crippen LogP contribution is -2.48. The Hall–Kier alpha value is -0.610. The minimum absolute atomic E-state index is 0.465. The normalized spacial score (nSPS) is 15.6. The van der Waals surface area contributed by atoms with E-state index < -0.39 is 11.5 Å². The molecule has 12 heavy (non-hydrogen) atoms. The summed E-state index contributed by atoms with van der Waals surface area (Å²) in [5, 5.41) is 8.82. The number of carbonyl (C=O) groups is 1. The Kier molecular flexibility index (Phi) is 4.85. The number of carboxylic acid groups (broad SMARTS) is 1. The predicted octanol–water partition coefficient (Wildman–Crippen LogP) is 0.308. The zero-order valence-electron chi connectivity index (χ0n) is 7.55. The van der Waals surface area contributed by atoms with Gasteiger partial charge in [0.25, 0.3) is 0 Å². The van der Waals surface area contributed by atoms with Gasteiger partial charge in [-0.05, 0) is 25.8 Å². The van der Waals surface area contributed by atoms with Gasteiger partial charge in [-0.25, -0.2) is 0 Å². The highest BCUT2D eigenvalue weighted by Crippen LogP contribution is 2.16. The van der Waals surface area contributed by atoms with Crippen LogP contribution in [0.4, 0.5) is 0 Å². The zero-order valence-corrected chi connectivity index (χ0v) is 7.55. The van der Waals surface area contributed by atoms with E-state index in [2.05, 4.69) is 0 Å². The van der Waals surface area contributed by atoms with Crippen LogP contribution >= 0.6 is 0 Å². The van der Waals surface area contributed by atoms with Crippen molar-refractivity contribution in [1.29, 1.82) is 0 Å². The van der Waals surface area contributed by atoms with Crippen molar-refractivity contribution in [2.45, 2.75) is 38.1 Å². The van der Waals surface area contributed by atoms with Gasteiger partial charge < -0.3 is 16.6 Å². The molecular formula is C8H18N2O2. The van der Waals surface area contributed by atoms with E-state index in [0.717, 1.165) is 6.42 Å². The lowest BCUT2D eigenvalue weighted by Gasteiger charge is -2.23. The van der Waals surface area contributed by atoms with Gasteiger partial charge in [0.1, 0.15) is 5.54 Å². The monoisotopic (exact) mass is 174 g/mol. The number of aliphatic carboxylic acids is 1. The molecule has 0 aromatic heterocycles. The van der Waals surface area contributed by atoms with Gasteiger partial charge in [-0.15, -0.1) is 0 Å². The van der Waals surface area contributed by atoms with E-state index in [-0.39, 0.29) is 0 Å². The molecular weight excluding hydrogens is 156 g/mol. The minimum Gasteiger partial charge on any atom is -0.480 e. The van der Waals surface area contributed by atoms with Gasteiger partial charge in [-0.1, -0.05) is 13.3 Å². The van der Waals surface area contributed by atoms with Crippen LogP contribution in [0.25, 0.3) is 0 Å². The summed E-state index contributed by atoms with van der Waals surface area (Å²) in [6.07, 6.45) is 2.44. The maximum absolute atomic E-state index is 10.8. The first-order valence-electron chi connectivity index (χ1n) is 4.29. The highest BCUT2D eigenvalue weighted by atomic mass is 16.4. The Morgan fingerprint density at radius 3 is 2.42 bits per heavy atom. The van der Waals surface area contributed by atoms with Gasteiger partial charge in [0, 0.05) is 0 Å². The summed E-state index contributed by atoms with van der Waals surface area (Å²) in [7, 11) is 0. The third-order valence-electron chi connectivity index (χ3n) is 1.95. The van der Waals surface area contributed by atoms with Crippen molar-refractivity contribution in [3.05, 3.63) is 0 Å². The van der Waals surface area contributed by atoms with Crippen molar-refractivity contribution in [1.82, 2.24) is 0 Å². The average molecular weight is 174 g/mol. The number of hydrogen-bond acceptors (Lipinski definition) is 3. The molecule has 0 aromatic rings. The van der Waals surface area contributed by atoms with Crippen LogP contribution in [0, 0.1) is 0 Å². The van der Waals surface area contributed by atoms with Crippen LogP contribution in [-0.4, -0.2) is 23.2 Å². The molecule has 0 aliphatic heterocycles. The topological polar surface area (TPSA) is 89.3 Å². The fourth-order valence-corrected chi connectivity index (χ4v) is 1.20. The van der Waals surface area contributed by atoms with Gasteiger partial charge in [-0.2, -0.15) is 0 Å². The van der Waals surface area contributed by atoms with Crippen molar-refractivity contribution in [3.8, 4) is 0 Å². The molecule has 1 atom stereocenters.